The zero-order valence-electron chi connectivity index (χ0n) is 9.53. The molecule has 1 rings (SSSR count). The first-order chi connectivity index (χ1) is 7.17. The molecule has 0 atom stereocenters. The number of hydrogen-bond acceptors (Lipinski definition) is 3. The molecular formula is C12H20N2O. The maximum Gasteiger partial charge on any atom is 0.118 e. The van der Waals surface area contributed by atoms with Crippen molar-refractivity contribution in [2.24, 2.45) is 0 Å². The first-order valence-corrected chi connectivity index (χ1v) is 5.47. The zero-order chi connectivity index (χ0) is 11.3. The molecule has 0 fully saturated rings. The molecule has 0 heterocycles. The Bertz CT molecular complexity index is 308. The molecule has 0 aliphatic rings. The third-order valence-electron chi connectivity index (χ3n) is 2.70. The van der Waals surface area contributed by atoms with Crippen LogP contribution in [-0.4, -0.2) is 29.6 Å². The molecular weight excluding hydrogens is 188 g/mol. The van der Waals surface area contributed by atoms with Crippen LogP contribution in [0.15, 0.2) is 18.2 Å². The Balaban J connectivity index is 2.60. The van der Waals surface area contributed by atoms with Crippen LogP contribution in [0.5, 0.6) is 5.75 Å². The van der Waals surface area contributed by atoms with Gasteiger partial charge in [0, 0.05) is 12.2 Å². The van der Waals surface area contributed by atoms with E-state index in [-0.39, 0.29) is 0 Å². The Morgan fingerprint density at radius 1 is 1.27 bits per heavy atom. The summed E-state index contributed by atoms with van der Waals surface area (Å²) >= 11 is 0. The standard InChI is InChI=1S/C12H20N2O/c1-3-14(4-2)8-7-10-9-11(13)5-6-12(10)15/h5-6,9,15H,3-4,7-8,13H2,1-2H3. The molecule has 15 heavy (non-hydrogen) atoms. The van der Waals surface area contributed by atoms with Crippen molar-refractivity contribution < 1.29 is 5.11 Å². The van der Waals surface area contributed by atoms with Gasteiger partial charge in [0.05, 0.1) is 0 Å². The Morgan fingerprint density at radius 3 is 2.53 bits per heavy atom. The molecule has 3 nitrogen and oxygen atoms in total. The summed E-state index contributed by atoms with van der Waals surface area (Å²) < 4.78 is 0. The molecule has 0 saturated carbocycles. The molecule has 1 aromatic rings. The van der Waals surface area contributed by atoms with Gasteiger partial charge in [0.2, 0.25) is 0 Å². The number of nitrogen functional groups attached to an aromatic ring is 1. The molecule has 0 aromatic heterocycles. The first kappa shape index (κ1) is 11.9. The number of phenolic OH excluding ortho intramolecular Hbond substituents is 1. The summed E-state index contributed by atoms with van der Waals surface area (Å²) in [6.45, 7) is 7.33. The number of phenols is 1. The van der Waals surface area contributed by atoms with E-state index in [9.17, 15) is 5.11 Å². The zero-order valence-corrected chi connectivity index (χ0v) is 9.53. The molecule has 0 spiro atoms. The van der Waals surface area contributed by atoms with Gasteiger partial charge >= 0.3 is 0 Å². The van der Waals surface area contributed by atoms with E-state index in [4.69, 9.17) is 5.73 Å². The van der Waals surface area contributed by atoms with Crippen LogP contribution in [0, 0.1) is 0 Å². The summed E-state index contributed by atoms with van der Waals surface area (Å²) in [4.78, 5) is 2.32. The van der Waals surface area contributed by atoms with E-state index in [0.29, 0.717) is 11.4 Å². The molecule has 84 valence electrons. The summed E-state index contributed by atoms with van der Waals surface area (Å²) in [5.41, 5.74) is 7.32. The van der Waals surface area contributed by atoms with Gasteiger partial charge in [-0.1, -0.05) is 13.8 Å². The number of benzene rings is 1. The van der Waals surface area contributed by atoms with Crippen LogP contribution in [0.4, 0.5) is 5.69 Å². The fourth-order valence-electron chi connectivity index (χ4n) is 1.62. The topological polar surface area (TPSA) is 49.5 Å². The molecule has 0 amide bonds. The van der Waals surface area contributed by atoms with Crippen LogP contribution >= 0.6 is 0 Å². The lowest BCUT2D eigenvalue weighted by Gasteiger charge is -2.18. The number of aromatic hydroxyl groups is 1. The highest BCUT2D eigenvalue weighted by molar-refractivity contribution is 5.47. The van der Waals surface area contributed by atoms with Crippen LogP contribution in [0.25, 0.3) is 0 Å². The van der Waals surface area contributed by atoms with Crippen molar-refractivity contribution in [3.05, 3.63) is 23.8 Å². The molecule has 0 saturated heterocycles. The van der Waals surface area contributed by atoms with E-state index < -0.39 is 0 Å². The number of nitrogens with two attached hydrogens (primary N) is 1. The number of likely N-dealkylation sites (N-methyl/N-ethyl adjacent to an activating group) is 1. The maximum atomic E-state index is 9.62. The van der Waals surface area contributed by atoms with Crippen molar-refractivity contribution in [1.29, 1.82) is 0 Å². The number of nitrogens with zero attached hydrogens (tertiary/aromatic N) is 1. The van der Waals surface area contributed by atoms with Crippen LogP contribution in [0.1, 0.15) is 19.4 Å². The van der Waals surface area contributed by atoms with Gasteiger partial charge in [-0.05, 0) is 43.3 Å². The number of rotatable bonds is 5. The monoisotopic (exact) mass is 208 g/mol. The Hall–Kier alpha value is -1.22. The summed E-state index contributed by atoms with van der Waals surface area (Å²) in [7, 11) is 0. The van der Waals surface area contributed by atoms with Crippen LogP contribution < -0.4 is 5.73 Å². The smallest absolute Gasteiger partial charge is 0.118 e. The van der Waals surface area contributed by atoms with E-state index in [1.165, 1.54) is 0 Å². The predicted molar refractivity (Wildman–Crippen MR) is 64.0 cm³/mol. The van der Waals surface area contributed by atoms with Gasteiger partial charge in [0.1, 0.15) is 5.75 Å². The molecule has 0 unspecified atom stereocenters. The van der Waals surface area contributed by atoms with Crippen molar-refractivity contribution in [3.63, 3.8) is 0 Å². The van der Waals surface area contributed by atoms with E-state index in [2.05, 4.69) is 18.7 Å². The van der Waals surface area contributed by atoms with Crippen LogP contribution in [0.2, 0.25) is 0 Å². The number of hydrogen-bond donors (Lipinski definition) is 2. The van der Waals surface area contributed by atoms with Crippen LogP contribution in [-0.2, 0) is 6.42 Å². The van der Waals surface area contributed by atoms with Crippen molar-refractivity contribution >= 4 is 5.69 Å². The summed E-state index contributed by atoms with van der Waals surface area (Å²) in [6, 6.07) is 5.22. The van der Waals surface area contributed by atoms with Crippen LogP contribution in [0.3, 0.4) is 0 Å². The quantitative estimate of drug-likeness (QED) is 0.573. The van der Waals surface area contributed by atoms with E-state index in [1.807, 2.05) is 6.07 Å². The molecule has 0 bridgehead atoms. The average molecular weight is 208 g/mol. The van der Waals surface area contributed by atoms with E-state index >= 15 is 0 Å². The molecule has 3 heteroatoms. The predicted octanol–water partition coefficient (Wildman–Crippen LogP) is 1.86. The van der Waals surface area contributed by atoms with Gasteiger partial charge < -0.3 is 15.7 Å². The highest BCUT2D eigenvalue weighted by Crippen LogP contribution is 2.20. The third kappa shape index (κ3) is 3.44. The fourth-order valence-corrected chi connectivity index (χ4v) is 1.62. The summed E-state index contributed by atoms with van der Waals surface area (Å²) in [5, 5.41) is 9.62. The van der Waals surface area contributed by atoms with Gasteiger partial charge in [0.25, 0.3) is 0 Å². The van der Waals surface area contributed by atoms with Gasteiger partial charge in [-0.15, -0.1) is 0 Å². The third-order valence-corrected chi connectivity index (χ3v) is 2.70. The highest BCUT2D eigenvalue weighted by atomic mass is 16.3. The largest absolute Gasteiger partial charge is 0.508 e. The fraction of sp³-hybridized carbons (Fsp3) is 0.500. The lowest BCUT2D eigenvalue weighted by Crippen LogP contribution is -2.25. The summed E-state index contributed by atoms with van der Waals surface area (Å²) in [5.74, 6) is 0.344. The lowest BCUT2D eigenvalue weighted by molar-refractivity contribution is 0.306. The Labute approximate surface area is 91.5 Å². The van der Waals surface area contributed by atoms with Crippen molar-refractivity contribution in [3.8, 4) is 5.75 Å². The van der Waals surface area contributed by atoms with E-state index in [1.54, 1.807) is 12.1 Å². The van der Waals surface area contributed by atoms with Gasteiger partial charge in [-0.2, -0.15) is 0 Å². The first-order valence-electron chi connectivity index (χ1n) is 5.47. The van der Waals surface area contributed by atoms with Gasteiger partial charge in [0.15, 0.2) is 0 Å². The minimum absolute atomic E-state index is 0.344. The minimum atomic E-state index is 0.344. The average Bonchev–Trinajstić information content (AvgIpc) is 2.24. The maximum absolute atomic E-state index is 9.62. The Morgan fingerprint density at radius 2 is 1.93 bits per heavy atom. The van der Waals surface area contributed by atoms with Crippen molar-refractivity contribution in [2.45, 2.75) is 20.3 Å². The second-order valence-corrected chi connectivity index (χ2v) is 3.67. The SMILES string of the molecule is CCN(CC)CCc1cc(N)ccc1O. The molecule has 1 aromatic carbocycles. The van der Waals surface area contributed by atoms with Gasteiger partial charge in [-0.25, -0.2) is 0 Å². The second kappa shape index (κ2) is 5.61. The number of anilines is 1. The Kier molecular flexibility index (Phi) is 4.43. The summed E-state index contributed by atoms with van der Waals surface area (Å²) in [6.07, 6.45) is 0.846. The van der Waals surface area contributed by atoms with Crippen molar-refractivity contribution in [1.82, 2.24) is 4.90 Å². The molecule has 0 radical (unpaired) electrons. The van der Waals surface area contributed by atoms with Crippen molar-refractivity contribution in [2.75, 3.05) is 25.4 Å². The molecule has 0 aliphatic carbocycles. The lowest BCUT2D eigenvalue weighted by atomic mass is 10.1. The minimum Gasteiger partial charge on any atom is -0.508 e. The molecule has 0 aliphatic heterocycles. The normalized spacial score (nSPS) is 10.9. The highest BCUT2D eigenvalue weighted by Gasteiger charge is 2.04. The van der Waals surface area contributed by atoms with Gasteiger partial charge in [-0.3, -0.25) is 0 Å². The second-order valence-electron chi connectivity index (χ2n) is 3.67. The van der Waals surface area contributed by atoms with E-state index in [0.717, 1.165) is 31.6 Å². The molecule has 3 N–H and O–H groups in total.